The molecule has 0 spiro atoms. The number of aromatic nitrogens is 4. The van der Waals surface area contributed by atoms with Gasteiger partial charge in [0.1, 0.15) is 12.4 Å². The van der Waals surface area contributed by atoms with E-state index >= 15 is 0 Å². The minimum absolute atomic E-state index is 0.435. The number of pyridine rings is 1. The highest BCUT2D eigenvalue weighted by atomic mass is 32.1. The van der Waals surface area contributed by atoms with Crippen LogP contribution in [0, 0.1) is 6.92 Å². The maximum atomic E-state index is 5.88. The summed E-state index contributed by atoms with van der Waals surface area (Å²) in [5.41, 5.74) is 2.93. The van der Waals surface area contributed by atoms with Crippen molar-refractivity contribution in [3.63, 3.8) is 0 Å². The van der Waals surface area contributed by atoms with E-state index in [1.165, 1.54) is 0 Å². The molecule has 1 aromatic carbocycles. The lowest BCUT2D eigenvalue weighted by Gasteiger charge is -2.12. The maximum Gasteiger partial charge on any atom is 0.161 e. The van der Waals surface area contributed by atoms with E-state index in [1.54, 1.807) is 18.4 Å². The fourth-order valence-corrected chi connectivity index (χ4v) is 3.66. The van der Waals surface area contributed by atoms with Gasteiger partial charge in [-0.2, -0.15) is 0 Å². The molecule has 0 amide bonds. The molecule has 3 heterocycles. The Morgan fingerprint density at radius 1 is 1.14 bits per heavy atom. The third kappa shape index (κ3) is 4.72. The number of nitrogens with one attached hydrogen (secondary N) is 1. The van der Waals surface area contributed by atoms with Gasteiger partial charge < -0.3 is 14.8 Å². The summed E-state index contributed by atoms with van der Waals surface area (Å²) in [5.74, 6) is 2.39. The third-order valence-corrected chi connectivity index (χ3v) is 5.33. The van der Waals surface area contributed by atoms with Gasteiger partial charge in [0.2, 0.25) is 0 Å². The third-order valence-electron chi connectivity index (χ3n) is 4.51. The van der Waals surface area contributed by atoms with Crippen LogP contribution in [-0.4, -0.2) is 33.2 Å². The molecule has 0 bridgehead atoms. The van der Waals surface area contributed by atoms with Crippen LogP contribution < -0.4 is 14.8 Å². The van der Waals surface area contributed by atoms with Crippen LogP contribution in [0.5, 0.6) is 11.5 Å². The van der Waals surface area contributed by atoms with E-state index in [9.17, 15) is 0 Å². The Kier molecular flexibility index (Phi) is 6.02. The monoisotopic (exact) mass is 409 g/mol. The first-order valence-electron chi connectivity index (χ1n) is 9.43. The Labute approximate surface area is 173 Å². The number of nitrogens with zero attached hydrogens (tertiary/aromatic N) is 4. The minimum atomic E-state index is 0.435. The summed E-state index contributed by atoms with van der Waals surface area (Å²) in [5, 5.41) is 14.9. The fraction of sp³-hybridized carbons (Fsp3) is 0.286. The molecule has 4 aromatic rings. The molecule has 4 rings (SSSR count). The molecule has 0 atom stereocenters. The lowest BCUT2D eigenvalue weighted by atomic mass is 10.2. The van der Waals surface area contributed by atoms with E-state index in [4.69, 9.17) is 9.47 Å². The summed E-state index contributed by atoms with van der Waals surface area (Å²) in [6, 6.07) is 11.9. The van der Waals surface area contributed by atoms with Gasteiger partial charge in [0, 0.05) is 31.1 Å². The second-order valence-corrected chi connectivity index (χ2v) is 7.67. The number of aryl methyl sites for hydroxylation is 1. The summed E-state index contributed by atoms with van der Waals surface area (Å²) < 4.78 is 13.4. The van der Waals surface area contributed by atoms with E-state index in [2.05, 4.69) is 20.5 Å². The highest BCUT2D eigenvalue weighted by molar-refractivity contribution is 7.09. The summed E-state index contributed by atoms with van der Waals surface area (Å²) in [6.45, 7) is 3.96. The van der Waals surface area contributed by atoms with Gasteiger partial charge in [-0.3, -0.25) is 4.40 Å². The molecule has 0 unspecified atom stereocenters. The number of fused-ring (bicyclic) bond motifs is 1. The molecule has 29 heavy (non-hydrogen) atoms. The van der Waals surface area contributed by atoms with Crippen LogP contribution in [0.3, 0.4) is 0 Å². The molecule has 1 N–H and O–H groups in total. The van der Waals surface area contributed by atoms with Crippen molar-refractivity contribution in [2.75, 3.05) is 13.7 Å². The molecule has 150 valence electrons. The molecular formula is C21H23N5O2S. The first-order chi connectivity index (χ1) is 14.2. The van der Waals surface area contributed by atoms with Crippen molar-refractivity contribution < 1.29 is 9.47 Å². The van der Waals surface area contributed by atoms with E-state index in [0.29, 0.717) is 6.61 Å². The Bertz CT molecular complexity index is 1090. The topological polar surface area (TPSA) is 73.6 Å². The van der Waals surface area contributed by atoms with Gasteiger partial charge in [-0.05, 0) is 36.8 Å². The summed E-state index contributed by atoms with van der Waals surface area (Å²) >= 11 is 1.62. The van der Waals surface area contributed by atoms with E-state index < -0.39 is 0 Å². The molecule has 3 aromatic heterocycles. The van der Waals surface area contributed by atoms with Crippen LogP contribution in [0.4, 0.5) is 0 Å². The smallest absolute Gasteiger partial charge is 0.161 e. The number of thiazole rings is 1. The predicted molar refractivity (Wildman–Crippen MR) is 113 cm³/mol. The Morgan fingerprint density at radius 2 is 2.07 bits per heavy atom. The second kappa shape index (κ2) is 9.02. The molecule has 0 fully saturated rings. The van der Waals surface area contributed by atoms with Crippen LogP contribution >= 0.6 is 11.3 Å². The fourth-order valence-electron chi connectivity index (χ4n) is 3.06. The van der Waals surface area contributed by atoms with Gasteiger partial charge in [0.05, 0.1) is 17.8 Å². The van der Waals surface area contributed by atoms with Crippen LogP contribution in [0.1, 0.15) is 22.1 Å². The summed E-state index contributed by atoms with van der Waals surface area (Å²) in [7, 11) is 1.66. The number of hydrogen-bond donors (Lipinski definition) is 1. The molecule has 0 radical (unpaired) electrons. The lowest BCUT2D eigenvalue weighted by molar-refractivity contribution is 0.281. The number of rotatable bonds is 9. The number of benzene rings is 1. The van der Waals surface area contributed by atoms with Crippen molar-refractivity contribution in [3.8, 4) is 11.5 Å². The van der Waals surface area contributed by atoms with Crippen molar-refractivity contribution in [1.29, 1.82) is 0 Å². The van der Waals surface area contributed by atoms with Crippen LogP contribution in [0.2, 0.25) is 0 Å². The molecule has 0 aliphatic heterocycles. The van der Waals surface area contributed by atoms with Crippen molar-refractivity contribution >= 4 is 17.0 Å². The zero-order valence-corrected chi connectivity index (χ0v) is 17.3. The van der Waals surface area contributed by atoms with Gasteiger partial charge >= 0.3 is 0 Å². The van der Waals surface area contributed by atoms with Crippen LogP contribution in [-0.2, 0) is 19.6 Å². The minimum Gasteiger partial charge on any atom is -0.493 e. The highest BCUT2D eigenvalue weighted by Gasteiger charge is 2.08. The van der Waals surface area contributed by atoms with Gasteiger partial charge in [-0.25, -0.2) is 4.98 Å². The Hall–Kier alpha value is -2.97. The number of methoxy groups -OCH3 is 1. The Morgan fingerprint density at radius 3 is 2.90 bits per heavy atom. The van der Waals surface area contributed by atoms with Crippen LogP contribution in [0.15, 0.2) is 48.0 Å². The average molecular weight is 410 g/mol. The van der Waals surface area contributed by atoms with E-state index in [1.807, 2.05) is 59.3 Å². The predicted octanol–water partition coefficient (Wildman–Crippen LogP) is 3.41. The molecule has 0 aliphatic carbocycles. The largest absolute Gasteiger partial charge is 0.493 e. The SMILES string of the molecule is COc1cc(CNCCc2nnc3ccccn23)ccc1OCc1csc(C)n1. The van der Waals surface area contributed by atoms with Gasteiger partial charge in [-0.1, -0.05) is 12.1 Å². The molecule has 0 aliphatic rings. The van der Waals surface area contributed by atoms with Crippen molar-refractivity contribution in [1.82, 2.24) is 24.9 Å². The van der Waals surface area contributed by atoms with Gasteiger partial charge in [0.25, 0.3) is 0 Å². The van der Waals surface area contributed by atoms with Crippen molar-refractivity contribution in [3.05, 3.63) is 70.1 Å². The standard InChI is InChI=1S/C21H23N5O2S/c1-15-23-17(14-29-15)13-28-18-7-6-16(11-19(18)27-2)12-22-9-8-21-25-24-20-5-3-4-10-26(20)21/h3-7,10-11,14,22H,8-9,12-13H2,1-2H3. The van der Waals surface area contributed by atoms with Gasteiger partial charge in [0.15, 0.2) is 17.1 Å². The summed E-state index contributed by atoms with van der Waals surface area (Å²) in [6.07, 6.45) is 2.79. The zero-order valence-electron chi connectivity index (χ0n) is 16.5. The molecule has 7 nitrogen and oxygen atoms in total. The quantitative estimate of drug-likeness (QED) is 0.427. The maximum absolute atomic E-state index is 5.88. The van der Waals surface area contributed by atoms with Gasteiger partial charge in [-0.15, -0.1) is 21.5 Å². The number of hydrogen-bond acceptors (Lipinski definition) is 7. The summed E-state index contributed by atoms with van der Waals surface area (Å²) in [4.78, 5) is 4.42. The Balaban J connectivity index is 1.30. The van der Waals surface area contributed by atoms with Crippen LogP contribution in [0.25, 0.3) is 5.65 Å². The second-order valence-electron chi connectivity index (χ2n) is 6.60. The van der Waals surface area contributed by atoms with Crippen molar-refractivity contribution in [2.24, 2.45) is 0 Å². The van der Waals surface area contributed by atoms with Crippen molar-refractivity contribution in [2.45, 2.75) is 26.5 Å². The molecule has 0 saturated carbocycles. The normalized spacial score (nSPS) is 11.1. The van der Waals surface area contributed by atoms with E-state index in [-0.39, 0.29) is 0 Å². The first-order valence-corrected chi connectivity index (χ1v) is 10.3. The average Bonchev–Trinajstić information content (AvgIpc) is 3.36. The zero-order chi connectivity index (χ0) is 20.1. The molecular weight excluding hydrogens is 386 g/mol. The number of ether oxygens (including phenoxy) is 2. The highest BCUT2D eigenvalue weighted by Crippen LogP contribution is 2.29. The first kappa shape index (κ1) is 19.4. The lowest BCUT2D eigenvalue weighted by Crippen LogP contribution is -2.17. The molecule has 8 heteroatoms. The molecule has 0 saturated heterocycles. The van der Waals surface area contributed by atoms with E-state index in [0.717, 1.165) is 58.7 Å².